The Morgan fingerprint density at radius 1 is 1.04 bits per heavy atom. The van der Waals surface area contributed by atoms with Gasteiger partial charge < -0.3 is 4.74 Å². The number of ether oxygens (including phenoxy) is 1. The SMILES string of the molecule is FC(F)(F)c1cc(Oc2ccc(C3CCCCC3)cc2)n2ncnc2n1. The number of nitrogens with zero attached hydrogens (tertiary/aromatic N) is 4. The van der Waals surface area contributed by atoms with Crippen LogP contribution in [0.1, 0.15) is 49.3 Å². The third-order valence-corrected chi connectivity index (χ3v) is 4.69. The molecule has 0 radical (unpaired) electrons. The van der Waals surface area contributed by atoms with E-state index < -0.39 is 11.9 Å². The van der Waals surface area contributed by atoms with Crippen LogP contribution in [-0.4, -0.2) is 19.6 Å². The standard InChI is InChI=1S/C18H17F3N4O/c19-18(20,21)15-10-16(25-17(24-15)22-11-23-25)26-14-8-6-13(7-9-14)12-4-2-1-3-5-12/h6-12H,1-5H2. The molecule has 0 saturated heterocycles. The fourth-order valence-corrected chi connectivity index (χ4v) is 3.37. The summed E-state index contributed by atoms with van der Waals surface area (Å²) in [5.74, 6) is 0.761. The number of fused-ring (bicyclic) bond motifs is 1. The second kappa shape index (κ2) is 6.59. The molecule has 1 fully saturated rings. The van der Waals surface area contributed by atoms with Gasteiger partial charge >= 0.3 is 6.18 Å². The molecule has 2 heterocycles. The first-order valence-electron chi connectivity index (χ1n) is 8.56. The first-order valence-corrected chi connectivity index (χ1v) is 8.56. The molecule has 0 N–H and O–H groups in total. The fraction of sp³-hybridized carbons (Fsp3) is 0.389. The Morgan fingerprint density at radius 2 is 1.77 bits per heavy atom. The lowest BCUT2D eigenvalue weighted by molar-refractivity contribution is -0.141. The normalized spacial score (nSPS) is 16.1. The summed E-state index contributed by atoms with van der Waals surface area (Å²) in [4.78, 5) is 7.20. The van der Waals surface area contributed by atoms with Crippen LogP contribution in [0.5, 0.6) is 11.6 Å². The maximum absolute atomic E-state index is 13.0. The molecule has 26 heavy (non-hydrogen) atoms. The second-order valence-corrected chi connectivity index (χ2v) is 6.46. The highest BCUT2D eigenvalue weighted by molar-refractivity contribution is 5.38. The van der Waals surface area contributed by atoms with Crippen LogP contribution in [0, 0.1) is 0 Å². The third kappa shape index (κ3) is 3.36. The van der Waals surface area contributed by atoms with Gasteiger partial charge in [0.05, 0.1) is 0 Å². The van der Waals surface area contributed by atoms with Gasteiger partial charge in [0.15, 0.2) is 5.69 Å². The minimum Gasteiger partial charge on any atom is -0.439 e. The number of hydrogen-bond donors (Lipinski definition) is 0. The number of alkyl halides is 3. The summed E-state index contributed by atoms with van der Waals surface area (Å²) < 4.78 is 45.9. The van der Waals surface area contributed by atoms with Crippen molar-refractivity contribution >= 4 is 5.78 Å². The molecular weight excluding hydrogens is 345 g/mol. The summed E-state index contributed by atoms with van der Waals surface area (Å²) in [5.41, 5.74) is 0.181. The molecule has 3 aromatic rings. The lowest BCUT2D eigenvalue weighted by atomic mass is 9.84. The number of rotatable bonds is 3. The Morgan fingerprint density at radius 3 is 2.46 bits per heavy atom. The van der Waals surface area contributed by atoms with Gasteiger partial charge in [-0.25, -0.2) is 4.98 Å². The van der Waals surface area contributed by atoms with Gasteiger partial charge in [-0.15, -0.1) is 0 Å². The first kappa shape index (κ1) is 16.8. The monoisotopic (exact) mass is 362 g/mol. The summed E-state index contributed by atoms with van der Waals surface area (Å²) >= 11 is 0. The molecule has 8 heteroatoms. The van der Waals surface area contributed by atoms with Gasteiger partial charge in [-0.1, -0.05) is 31.4 Å². The number of benzene rings is 1. The van der Waals surface area contributed by atoms with E-state index >= 15 is 0 Å². The predicted octanol–water partition coefficient (Wildman–Crippen LogP) is 4.98. The van der Waals surface area contributed by atoms with E-state index in [2.05, 4.69) is 15.1 Å². The fourth-order valence-electron chi connectivity index (χ4n) is 3.37. The van der Waals surface area contributed by atoms with Crippen molar-refractivity contribution in [2.75, 3.05) is 0 Å². The largest absolute Gasteiger partial charge is 0.439 e. The zero-order valence-corrected chi connectivity index (χ0v) is 13.9. The van der Waals surface area contributed by atoms with Gasteiger partial charge in [-0.05, 0) is 36.5 Å². The van der Waals surface area contributed by atoms with Gasteiger partial charge in [0.2, 0.25) is 5.88 Å². The molecule has 5 nitrogen and oxygen atoms in total. The third-order valence-electron chi connectivity index (χ3n) is 4.69. The molecule has 0 unspecified atom stereocenters. The Hall–Kier alpha value is -2.64. The zero-order valence-electron chi connectivity index (χ0n) is 13.9. The number of hydrogen-bond acceptors (Lipinski definition) is 4. The van der Waals surface area contributed by atoms with Gasteiger partial charge in [0.25, 0.3) is 5.78 Å². The highest BCUT2D eigenvalue weighted by Crippen LogP contribution is 2.35. The predicted molar refractivity (Wildman–Crippen MR) is 88.1 cm³/mol. The molecule has 136 valence electrons. The average Bonchev–Trinajstić information content (AvgIpc) is 3.11. The Balaban J connectivity index is 1.61. The van der Waals surface area contributed by atoms with Crippen molar-refractivity contribution in [3.63, 3.8) is 0 Å². The smallest absolute Gasteiger partial charge is 0.433 e. The first-order chi connectivity index (χ1) is 12.5. The van der Waals surface area contributed by atoms with Crippen molar-refractivity contribution in [3.05, 3.63) is 47.9 Å². The summed E-state index contributed by atoms with van der Waals surface area (Å²) in [6.07, 6.45) is 2.68. The average molecular weight is 362 g/mol. The van der Waals surface area contributed by atoms with Crippen LogP contribution in [0.4, 0.5) is 13.2 Å². The van der Waals surface area contributed by atoms with Crippen LogP contribution in [0.3, 0.4) is 0 Å². The lowest BCUT2D eigenvalue weighted by Gasteiger charge is -2.22. The second-order valence-electron chi connectivity index (χ2n) is 6.46. The van der Waals surface area contributed by atoms with E-state index in [1.54, 1.807) is 12.1 Å². The highest BCUT2D eigenvalue weighted by atomic mass is 19.4. The van der Waals surface area contributed by atoms with E-state index in [1.165, 1.54) is 37.7 Å². The number of halogens is 3. The molecule has 1 aromatic carbocycles. The van der Waals surface area contributed by atoms with Crippen LogP contribution >= 0.6 is 0 Å². The van der Waals surface area contributed by atoms with Crippen molar-refractivity contribution in [2.45, 2.75) is 44.2 Å². The van der Waals surface area contributed by atoms with Crippen LogP contribution in [-0.2, 0) is 6.18 Å². The van der Waals surface area contributed by atoms with Crippen molar-refractivity contribution < 1.29 is 17.9 Å². The molecule has 0 aliphatic heterocycles. The summed E-state index contributed by atoms with van der Waals surface area (Å²) in [6.45, 7) is 0. The van der Waals surface area contributed by atoms with Crippen LogP contribution in [0.2, 0.25) is 0 Å². The van der Waals surface area contributed by atoms with Gasteiger partial charge in [0.1, 0.15) is 12.1 Å². The highest BCUT2D eigenvalue weighted by Gasteiger charge is 2.34. The van der Waals surface area contributed by atoms with E-state index in [0.29, 0.717) is 11.7 Å². The molecule has 1 saturated carbocycles. The minimum atomic E-state index is -4.59. The van der Waals surface area contributed by atoms with Gasteiger partial charge in [-0.2, -0.15) is 27.8 Å². The molecule has 1 aliphatic rings. The summed E-state index contributed by atoms with van der Waals surface area (Å²) in [5, 5.41) is 3.88. The molecule has 2 aromatic heterocycles. The molecule has 4 rings (SSSR count). The van der Waals surface area contributed by atoms with Crippen LogP contribution in [0.15, 0.2) is 36.7 Å². The lowest BCUT2D eigenvalue weighted by Crippen LogP contribution is -2.11. The molecular formula is C18H17F3N4O. The molecule has 0 spiro atoms. The Labute approximate surface area is 147 Å². The molecule has 1 aliphatic carbocycles. The zero-order chi connectivity index (χ0) is 18.1. The summed E-state index contributed by atoms with van der Waals surface area (Å²) in [7, 11) is 0. The molecule has 0 bridgehead atoms. The van der Waals surface area contributed by atoms with Gasteiger partial charge in [-0.3, -0.25) is 0 Å². The molecule has 0 atom stereocenters. The topological polar surface area (TPSA) is 52.3 Å². The van der Waals surface area contributed by atoms with Crippen LogP contribution < -0.4 is 4.74 Å². The van der Waals surface area contributed by atoms with Gasteiger partial charge in [0, 0.05) is 6.07 Å². The maximum Gasteiger partial charge on any atom is 0.433 e. The van der Waals surface area contributed by atoms with Crippen LogP contribution in [0.25, 0.3) is 5.78 Å². The quantitative estimate of drug-likeness (QED) is 0.659. The van der Waals surface area contributed by atoms with E-state index in [0.717, 1.165) is 16.9 Å². The molecule has 0 amide bonds. The van der Waals surface area contributed by atoms with E-state index in [4.69, 9.17) is 4.74 Å². The van der Waals surface area contributed by atoms with Crippen molar-refractivity contribution in [3.8, 4) is 11.6 Å². The Kier molecular flexibility index (Phi) is 4.26. The number of aromatic nitrogens is 4. The maximum atomic E-state index is 13.0. The van der Waals surface area contributed by atoms with Crippen molar-refractivity contribution in [1.82, 2.24) is 19.6 Å². The Bertz CT molecular complexity index is 899. The summed E-state index contributed by atoms with van der Waals surface area (Å²) in [6, 6.07) is 8.35. The van der Waals surface area contributed by atoms with Crippen molar-refractivity contribution in [2.24, 2.45) is 0 Å². The van der Waals surface area contributed by atoms with Crippen molar-refractivity contribution in [1.29, 1.82) is 0 Å². The minimum absolute atomic E-state index is 0.0785. The van der Waals surface area contributed by atoms with E-state index in [9.17, 15) is 13.2 Å². The van der Waals surface area contributed by atoms with E-state index in [-0.39, 0.29) is 11.7 Å². The van der Waals surface area contributed by atoms with E-state index in [1.807, 2.05) is 12.1 Å².